The third-order valence-corrected chi connectivity index (χ3v) is 4.76. The van der Waals surface area contributed by atoms with Crippen molar-refractivity contribution >= 4 is 31.7 Å². The predicted molar refractivity (Wildman–Crippen MR) is 89.4 cm³/mol. The number of carbonyl (C=O) groups excluding carboxylic acids is 1. The SMILES string of the molecule is COc1ccc(Br)cc1COC(=O)c1ccccc1S(C)(=O)=O. The summed E-state index contributed by atoms with van der Waals surface area (Å²) in [4.78, 5) is 12.2. The molecule has 7 heteroatoms. The molecule has 0 aliphatic carbocycles. The Hall–Kier alpha value is -1.86. The molecule has 0 spiro atoms. The van der Waals surface area contributed by atoms with E-state index in [2.05, 4.69) is 15.9 Å². The second-order valence-electron chi connectivity index (χ2n) is 4.80. The van der Waals surface area contributed by atoms with E-state index in [1.807, 2.05) is 6.07 Å². The van der Waals surface area contributed by atoms with Crippen LogP contribution in [0, 0.1) is 0 Å². The van der Waals surface area contributed by atoms with Crippen LogP contribution in [-0.4, -0.2) is 27.8 Å². The van der Waals surface area contributed by atoms with Crippen LogP contribution < -0.4 is 4.74 Å². The van der Waals surface area contributed by atoms with Gasteiger partial charge in [0.15, 0.2) is 9.84 Å². The van der Waals surface area contributed by atoms with Crippen molar-refractivity contribution in [1.29, 1.82) is 0 Å². The van der Waals surface area contributed by atoms with Gasteiger partial charge >= 0.3 is 5.97 Å². The molecule has 0 N–H and O–H groups in total. The van der Waals surface area contributed by atoms with E-state index in [-0.39, 0.29) is 17.1 Å². The van der Waals surface area contributed by atoms with Gasteiger partial charge in [-0.25, -0.2) is 13.2 Å². The van der Waals surface area contributed by atoms with Crippen LogP contribution in [0.5, 0.6) is 5.75 Å². The lowest BCUT2D eigenvalue weighted by Gasteiger charge is -2.11. The molecule has 0 heterocycles. The van der Waals surface area contributed by atoms with Gasteiger partial charge < -0.3 is 9.47 Å². The normalized spacial score (nSPS) is 11.1. The zero-order chi connectivity index (χ0) is 17.0. The molecule has 2 aromatic carbocycles. The van der Waals surface area contributed by atoms with Crippen LogP contribution in [0.2, 0.25) is 0 Å². The van der Waals surface area contributed by atoms with Crippen LogP contribution in [-0.2, 0) is 21.2 Å². The monoisotopic (exact) mass is 398 g/mol. The van der Waals surface area contributed by atoms with Gasteiger partial charge in [-0.3, -0.25) is 0 Å². The van der Waals surface area contributed by atoms with Crippen molar-refractivity contribution in [1.82, 2.24) is 0 Å². The van der Waals surface area contributed by atoms with Gasteiger partial charge in [-0.05, 0) is 30.3 Å². The third kappa shape index (κ3) is 4.33. The lowest BCUT2D eigenvalue weighted by molar-refractivity contribution is 0.0465. The Balaban J connectivity index is 2.23. The van der Waals surface area contributed by atoms with E-state index >= 15 is 0 Å². The third-order valence-electron chi connectivity index (χ3n) is 3.11. The first-order valence-corrected chi connectivity index (χ1v) is 9.30. The molecule has 0 aliphatic heterocycles. The van der Waals surface area contributed by atoms with Gasteiger partial charge in [0.1, 0.15) is 12.4 Å². The van der Waals surface area contributed by atoms with E-state index < -0.39 is 15.8 Å². The molecule has 0 amide bonds. The maximum atomic E-state index is 12.2. The summed E-state index contributed by atoms with van der Waals surface area (Å²) in [5, 5.41) is 0. The first-order chi connectivity index (χ1) is 10.8. The molecule has 0 saturated carbocycles. The summed E-state index contributed by atoms with van der Waals surface area (Å²) >= 11 is 3.34. The van der Waals surface area contributed by atoms with Crippen LogP contribution >= 0.6 is 15.9 Å². The van der Waals surface area contributed by atoms with Crippen LogP contribution in [0.3, 0.4) is 0 Å². The van der Waals surface area contributed by atoms with E-state index in [4.69, 9.17) is 9.47 Å². The fourth-order valence-corrected chi connectivity index (χ4v) is 3.32. The van der Waals surface area contributed by atoms with Gasteiger partial charge in [0.05, 0.1) is 17.6 Å². The van der Waals surface area contributed by atoms with E-state index in [1.165, 1.54) is 19.2 Å². The highest BCUT2D eigenvalue weighted by atomic mass is 79.9. The van der Waals surface area contributed by atoms with Crippen molar-refractivity contribution in [3.8, 4) is 5.75 Å². The van der Waals surface area contributed by atoms with Gasteiger partial charge in [-0.15, -0.1) is 0 Å². The molecule has 0 bridgehead atoms. The topological polar surface area (TPSA) is 69.7 Å². The second kappa shape index (κ2) is 7.14. The number of halogens is 1. The van der Waals surface area contributed by atoms with E-state index in [0.29, 0.717) is 11.3 Å². The Bertz CT molecular complexity index is 830. The standard InChI is InChI=1S/C16H15BrO5S/c1-21-14-8-7-12(17)9-11(14)10-22-16(18)13-5-3-4-6-15(13)23(2,19)20/h3-9H,10H2,1-2H3. The molecule has 0 aliphatic rings. The fraction of sp³-hybridized carbons (Fsp3) is 0.188. The predicted octanol–water partition coefficient (Wildman–Crippen LogP) is 3.22. The molecule has 122 valence electrons. The molecule has 0 fully saturated rings. The van der Waals surface area contributed by atoms with Crippen molar-refractivity contribution in [2.75, 3.05) is 13.4 Å². The number of carbonyl (C=O) groups is 1. The maximum Gasteiger partial charge on any atom is 0.339 e. The quantitative estimate of drug-likeness (QED) is 0.723. The molecule has 0 saturated heterocycles. The van der Waals surface area contributed by atoms with Crippen LogP contribution in [0.1, 0.15) is 15.9 Å². The minimum Gasteiger partial charge on any atom is -0.496 e. The van der Waals surface area contributed by atoms with Gasteiger partial charge in [0.25, 0.3) is 0 Å². The molecule has 0 unspecified atom stereocenters. The van der Waals surface area contributed by atoms with Crippen LogP contribution in [0.15, 0.2) is 51.8 Å². The largest absolute Gasteiger partial charge is 0.496 e. The van der Waals surface area contributed by atoms with E-state index in [0.717, 1.165) is 10.7 Å². The summed E-state index contributed by atoms with van der Waals surface area (Å²) in [5.74, 6) is -0.120. The second-order valence-corrected chi connectivity index (χ2v) is 7.70. The summed E-state index contributed by atoms with van der Waals surface area (Å²) < 4.78 is 34.8. The average molecular weight is 399 g/mol. The van der Waals surface area contributed by atoms with Crippen molar-refractivity contribution < 1.29 is 22.7 Å². The van der Waals surface area contributed by atoms with Gasteiger partial charge in [0.2, 0.25) is 0 Å². The Morgan fingerprint density at radius 2 is 1.87 bits per heavy atom. The van der Waals surface area contributed by atoms with Gasteiger partial charge in [-0.1, -0.05) is 28.1 Å². The lowest BCUT2D eigenvalue weighted by Crippen LogP contribution is -2.11. The summed E-state index contributed by atoms with van der Waals surface area (Å²) in [7, 11) is -1.99. The molecule has 23 heavy (non-hydrogen) atoms. The first kappa shape index (κ1) is 17.5. The Kier molecular flexibility index (Phi) is 5.43. The minimum atomic E-state index is -3.51. The summed E-state index contributed by atoms with van der Waals surface area (Å²) in [6, 6.07) is 11.3. The molecule has 2 aromatic rings. The average Bonchev–Trinajstić information content (AvgIpc) is 2.52. The number of hydrogen-bond donors (Lipinski definition) is 0. The number of rotatable bonds is 5. The molecule has 0 atom stereocenters. The lowest BCUT2D eigenvalue weighted by atomic mass is 10.2. The fourth-order valence-electron chi connectivity index (χ4n) is 2.04. The highest BCUT2D eigenvalue weighted by Gasteiger charge is 2.19. The number of hydrogen-bond acceptors (Lipinski definition) is 5. The van der Waals surface area contributed by atoms with Crippen LogP contribution in [0.25, 0.3) is 0 Å². The zero-order valence-corrected chi connectivity index (χ0v) is 15.0. The van der Waals surface area contributed by atoms with Crippen molar-refractivity contribution in [3.63, 3.8) is 0 Å². The molecule has 0 aromatic heterocycles. The minimum absolute atomic E-state index is 0.0176. The number of esters is 1. The number of sulfone groups is 1. The first-order valence-electron chi connectivity index (χ1n) is 6.61. The van der Waals surface area contributed by atoms with Crippen molar-refractivity contribution in [3.05, 3.63) is 58.1 Å². The summed E-state index contributed by atoms with van der Waals surface area (Å²) in [6.45, 7) is -0.0282. The number of benzene rings is 2. The summed E-state index contributed by atoms with van der Waals surface area (Å²) in [5.41, 5.74) is 0.691. The van der Waals surface area contributed by atoms with Gasteiger partial charge in [-0.2, -0.15) is 0 Å². The molecule has 5 nitrogen and oxygen atoms in total. The van der Waals surface area contributed by atoms with E-state index in [9.17, 15) is 13.2 Å². The van der Waals surface area contributed by atoms with Crippen molar-refractivity contribution in [2.45, 2.75) is 11.5 Å². The highest BCUT2D eigenvalue weighted by molar-refractivity contribution is 9.10. The Labute approximate surface area is 143 Å². The number of methoxy groups -OCH3 is 1. The molecule has 2 rings (SSSR count). The maximum absolute atomic E-state index is 12.2. The number of ether oxygens (including phenoxy) is 2. The van der Waals surface area contributed by atoms with Crippen LogP contribution in [0.4, 0.5) is 0 Å². The smallest absolute Gasteiger partial charge is 0.339 e. The summed E-state index contributed by atoms with van der Waals surface area (Å²) in [6.07, 6.45) is 1.05. The van der Waals surface area contributed by atoms with Crippen molar-refractivity contribution in [2.24, 2.45) is 0 Å². The van der Waals surface area contributed by atoms with Gasteiger partial charge in [0, 0.05) is 16.3 Å². The zero-order valence-electron chi connectivity index (χ0n) is 12.6. The van der Waals surface area contributed by atoms with E-state index in [1.54, 1.807) is 24.3 Å². The molecular weight excluding hydrogens is 384 g/mol. The molecular formula is C16H15BrO5S. The Morgan fingerprint density at radius 1 is 1.17 bits per heavy atom. The highest BCUT2D eigenvalue weighted by Crippen LogP contribution is 2.24. The molecule has 0 radical (unpaired) electrons. The Morgan fingerprint density at radius 3 is 2.52 bits per heavy atom.